The van der Waals surface area contributed by atoms with E-state index in [0.717, 1.165) is 0 Å². The summed E-state index contributed by atoms with van der Waals surface area (Å²) in [5.74, 6) is -0.405. The van der Waals surface area contributed by atoms with E-state index in [9.17, 15) is 9.18 Å². The number of carbonyl (C=O) groups excluding carboxylic acids is 1. The number of hydrogen-bond donors (Lipinski definition) is 3. The van der Waals surface area contributed by atoms with Crippen LogP contribution in [0.25, 0.3) is 0 Å². The summed E-state index contributed by atoms with van der Waals surface area (Å²) in [5.41, 5.74) is 1.17. The lowest BCUT2D eigenvalue weighted by atomic mass is 10.1. The molecular formula is C13H18BrFN2O2. The van der Waals surface area contributed by atoms with Gasteiger partial charge in [-0.25, -0.2) is 9.18 Å². The molecule has 2 atom stereocenters. The molecule has 1 aromatic carbocycles. The molecule has 0 unspecified atom stereocenters. The van der Waals surface area contributed by atoms with E-state index in [-0.39, 0.29) is 30.4 Å². The zero-order chi connectivity index (χ0) is 14.6. The van der Waals surface area contributed by atoms with Crippen molar-refractivity contribution in [3.05, 3.63) is 28.0 Å². The fourth-order valence-corrected chi connectivity index (χ4v) is 1.79. The molecule has 1 rings (SSSR count). The predicted octanol–water partition coefficient (Wildman–Crippen LogP) is 3.04. The first-order chi connectivity index (χ1) is 8.85. The van der Waals surface area contributed by atoms with Gasteiger partial charge in [0.05, 0.1) is 4.47 Å². The van der Waals surface area contributed by atoms with Crippen molar-refractivity contribution in [2.45, 2.75) is 26.8 Å². The Morgan fingerprint density at radius 2 is 2.11 bits per heavy atom. The van der Waals surface area contributed by atoms with Gasteiger partial charge in [-0.05, 0) is 53.4 Å². The van der Waals surface area contributed by atoms with Gasteiger partial charge in [0.2, 0.25) is 0 Å². The molecule has 0 heterocycles. The number of aliphatic hydroxyl groups is 1. The summed E-state index contributed by atoms with van der Waals surface area (Å²) in [4.78, 5) is 11.8. The molecule has 0 saturated carbocycles. The average Bonchev–Trinajstić information content (AvgIpc) is 2.34. The van der Waals surface area contributed by atoms with Crippen LogP contribution in [0.4, 0.5) is 14.9 Å². The quantitative estimate of drug-likeness (QED) is 0.793. The van der Waals surface area contributed by atoms with Gasteiger partial charge in [-0.2, -0.15) is 0 Å². The lowest BCUT2D eigenvalue weighted by Gasteiger charge is -2.20. The maximum absolute atomic E-state index is 13.3. The Bertz CT molecular complexity index is 468. The molecular weight excluding hydrogens is 315 g/mol. The Hall–Kier alpha value is -1.14. The fourth-order valence-electron chi connectivity index (χ4n) is 1.45. The summed E-state index contributed by atoms with van der Waals surface area (Å²) < 4.78 is 13.6. The van der Waals surface area contributed by atoms with Crippen LogP contribution in [-0.4, -0.2) is 23.8 Å². The van der Waals surface area contributed by atoms with Gasteiger partial charge in [-0.15, -0.1) is 0 Å². The maximum atomic E-state index is 13.3. The van der Waals surface area contributed by atoms with Gasteiger partial charge in [-0.1, -0.05) is 6.92 Å². The summed E-state index contributed by atoms with van der Waals surface area (Å²) >= 11 is 3.08. The number of hydrogen-bond acceptors (Lipinski definition) is 2. The highest BCUT2D eigenvalue weighted by Crippen LogP contribution is 2.24. The van der Waals surface area contributed by atoms with Gasteiger partial charge in [0.15, 0.2) is 0 Å². The molecule has 0 aliphatic heterocycles. The van der Waals surface area contributed by atoms with Crippen LogP contribution in [0.2, 0.25) is 0 Å². The van der Waals surface area contributed by atoms with Crippen LogP contribution in [0, 0.1) is 18.7 Å². The second-order valence-electron chi connectivity index (χ2n) is 4.63. The minimum atomic E-state index is -0.380. The van der Waals surface area contributed by atoms with Crippen molar-refractivity contribution in [2.24, 2.45) is 5.92 Å². The van der Waals surface area contributed by atoms with Gasteiger partial charge < -0.3 is 15.7 Å². The van der Waals surface area contributed by atoms with Crippen molar-refractivity contribution in [3.63, 3.8) is 0 Å². The molecule has 0 spiro atoms. The SMILES string of the molecule is Cc1cc(F)c(Br)cc1NC(=O)N[C@H](C)[C@@H](C)CO. The van der Waals surface area contributed by atoms with Gasteiger partial charge in [0.25, 0.3) is 0 Å². The molecule has 0 saturated heterocycles. The molecule has 0 aliphatic rings. The van der Waals surface area contributed by atoms with Crippen molar-refractivity contribution in [2.75, 3.05) is 11.9 Å². The van der Waals surface area contributed by atoms with Crippen LogP contribution >= 0.6 is 15.9 Å². The van der Waals surface area contributed by atoms with E-state index in [4.69, 9.17) is 5.11 Å². The first-order valence-corrected chi connectivity index (χ1v) is 6.78. The highest BCUT2D eigenvalue weighted by atomic mass is 79.9. The van der Waals surface area contributed by atoms with Gasteiger partial charge in [0.1, 0.15) is 5.82 Å². The van der Waals surface area contributed by atoms with Crippen LogP contribution in [0.15, 0.2) is 16.6 Å². The van der Waals surface area contributed by atoms with Gasteiger partial charge in [-0.3, -0.25) is 0 Å². The number of amides is 2. The Morgan fingerprint density at radius 1 is 1.47 bits per heavy atom. The first kappa shape index (κ1) is 15.9. The minimum absolute atomic E-state index is 0.00255. The van der Waals surface area contributed by atoms with Crippen molar-refractivity contribution in [1.29, 1.82) is 0 Å². The normalized spacial score (nSPS) is 13.8. The third-order valence-corrected chi connectivity index (χ3v) is 3.62. The molecule has 6 heteroatoms. The van der Waals surface area contributed by atoms with E-state index in [1.807, 2.05) is 13.8 Å². The second-order valence-corrected chi connectivity index (χ2v) is 5.48. The van der Waals surface area contributed by atoms with Crippen molar-refractivity contribution < 1.29 is 14.3 Å². The van der Waals surface area contributed by atoms with E-state index in [0.29, 0.717) is 15.7 Å². The Balaban J connectivity index is 2.70. The summed E-state index contributed by atoms with van der Waals surface area (Å²) in [6.07, 6.45) is 0. The lowest BCUT2D eigenvalue weighted by Crippen LogP contribution is -2.40. The monoisotopic (exact) mass is 332 g/mol. The van der Waals surface area contributed by atoms with E-state index < -0.39 is 0 Å². The van der Waals surface area contributed by atoms with E-state index in [1.54, 1.807) is 6.92 Å². The van der Waals surface area contributed by atoms with Crippen molar-refractivity contribution >= 4 is 27.6 Å². The number of urea groups is 1. The largest absolute Gasteiger partial charge is 0.396 e. The molecule has 0 bridgehead atoms. The molecule has 0 aliphatic carbocycles. The summed E-state index contributed by atoms with van der Waals surface area (Å²) in [5, 5.41) is 14.4. The zero-order valence-electron chi connectivity index (χ0n) is 11.1. The number of nitrogens with one attached hydrogen (secondary N) is 2. The van der Waals surface area contributed by atoms with Crippen molar-refractivity contribution in [1.82, 2.24) is 5.32 Å². The number of anilines is 1. The van der Waals surface area contributed by atoms with E-state index in [1.165, 1.54) is 12.1 Å². The second kappa shape index (κ2) is 6.86. The number of aliphatic hydroxyl groups excluding tert-OH is 1. The molecule has 3 N–H and O–H groups in total. The Kier molecular flexibility index (Phi) is 5.75. The molecule has 106 valence electrons. The number of rotatable bonds is 4. The summed E-state index contributed by atoms with van der Waals surface area (Å²) in [6.45, 7) is 5.37. The van der Waals surface area contributed by atoms with Gasteiger partial charge >= 0.3 is 6.03 Å². The fraction of sp³-hybridized carbons (Fsp3) is 0.462. The third kappa shape index (κ3) is 4.47. The summed E-state index contributed by atoms with van der Waals surface area (Å²) in [6, 6.07) is 2.33. The smallest absolute Gasteiger partial charge is 0.319 e. The summed E-state index contributed by atoms with van der Waals surface area (Å²) in [7, 11) is 0. The number of aryl methyl sites for hydroxylation is 1. The molecule has 2 amide bonds. The van der Waals surface area contributed by atoms with Gasteiger partial charge in [0, 0.05) is 18.3 Å². The third-order valence-electron chi connectivity index (χ3n) is 3.02. The predicted molar refractivity (Wildman–Crippen MR) is 76.7 cm³/mol. The Labute approximate surface area is 120 Å². The lowest BCUT2D eigenvalue weighted by molar-refractivity contribution is 0.204. The topological polar surface area (TPSA) is 61.4 Å². The number of benzene rings is 1. The maximum Gasteiger partial charge on any atom is 0.319 e. The highest BCUT2D eigenvalue weighted by molar-refractivity contribution is 9.10. The number of halogens is 2. The molecule has 19 heavy (non-hydrogen) atoms. The highest BCUT2D eigenvalue weighted by Gasteiger charge is 2.15. The van der Waals surface area contributed by atoms with Crippen LogP contribution < -0.4 is 10.6 Å². The molecule has 0 aromatic heterocycles. The van der Waals surface area contributed by atoms with Crippen LogP contribution in [-0.2, 0) is 0 Å². The van der Waals surface area contributed by atoms with Crippen LogP contribution in [0.5, 0.6) is 0 Å². The van der Waals surface area contributed by atoms with E-state index in [2.05, 4.69) is 26.6 Å². The van der Waals surface area contributed by atoms with E-state index >= 15 is 0 Å². The standard InChI is InChI=1S/C13H18BrFN2O2/c1-7-4-11(15)10(14)5-12(7)17-13(19)16-9(3)8(2)6-18/h4-5,8-9,18H,6H2,1-3H3,(H2,16,17,19)/t8-,9+/m0/s1. The number of carbonyl (C=O) groups is 1. The Morgan fingerprint density at radius 3 is 2.68 bits per heavy atom. The molecule has 0 fully saturated rings. The zero-order valence-corrected chi connectivity index (χ0v) is 12.7. The minimum Gasteiger partial charge on any atom is -0.396 e. The average molecular weight is 333 g/mol. The molecule has 0 radical (unpaired) electrons. The van der Waals surface area contributed by atoms with Crippen molar-refractivity contribution in [3.8, 4) is 0 Å². The molecule has 1 aromatic rings. The molecule has 4 nitrogen and oxygen atoms in total. The first-order valence-electron chi connectivity index (χ1n) is 5.99. The van der Waals surface area contributed by atoms with Crippen LogP contribution in [0.3, 0.4) is 0 Å². The van der Waals surface area contributed by atoms with Crippen LogP contribution in [0.1, 0.15) is 19.4 Å².